The van der Waals surface area contributed by atoms with E-state index in [9.17, 15) is 0 Å². The van der Waals surface area contributed by atoms with E-state index >= 15 is 0 Å². The van der Waals surface area contributed by atoms with Crippen molar-refractivity contribution in [3.05, 3.63) is 42.0 Å². The van der Waals surface area contributed by atoms with E-state index in [4.69, 9.17) is 5.11 Å². The predicted molar refractivity (Wildman–Crippen MR) is 77.3 cm³/mol. The van der Waals surface area contributed by atoms with Crippen LogP contribution in [0.4, 0.5) is 0 Å². The molecule has 0 radical (unpaired) electrons. The van der Waals surface area contributed by atoms with Crippen molar-refractivity contribution in [1.29, 1.82) is 0 Å². The van der Waals surface area contributed by atoms with Gasteiger partial charge >= 0.3 is 0 Å². The largest absolute Gasteiger partial charge is 0.487 e. The highest BCUT2D eigenvalue weighted by Crippen LogP contribution is 2.10. The maximum Gasteiger partial charge on any atom is 0.254 e. The molecule has 92 valence electrons. The average Bonchev–Trinajstić information content (AvgIpc) is 2.29. The molecule has 0 heterocycles. The lowest BCUT2D eigenvalue weighted by atomic mass is 10.0. The molecule has 1 atom stereocenters. The molecular formula is C14H19NOS. The van der Waals surface area contributed by atoms with E-state index in [-0.39, 0.29) is 11.2 Å². The highest BCUT2D eigenvalue weighted by Gasteiger charge is 2.09. The van der Waals surface area contributed by atoms with E-state index in [1.165, 1.54) is 5.56 Å². The minimum atomic E-state index is -0.119. The normalized spacial score (nSPS) is 11.8. The lowest BCUT2D eigenvalue weighted by molar-refractivity contribution is 0.472. The second-order valence-corrected chi connectivity index (χ2v) is 4.47. The second kappa shape index (κ2) is 7.07. The Morgan fingerprint density at radius 1 is 1.47 bits per heavy atom. The van der Waals surface area contributed by atoms with E-state index in [2.05, 4.69) is 43.2 Å². The molecule has 1 aromatic carbocycles. The van der Waals surface area contributed by atoms with Crippen molar-refractivity contribution >= 4 is 23.5 Å². The van der Waals surface area contributed by atoms with Crippen LogP contribution < -0.4 is 5.32 Å². The molecule has 0 fully saturated rings. The van der Waals surface area contributed by atoms with Crippen LogP contribution in [0.3, 0.4) is 0 Å². The topological polar surface area (TPSA) is 32.3 Å². The summed E-state index contributed by atoms with van der Waals surface area (Å²) in [6.07, 6.45) is 4.75. The average molecular weight is 249 g/mol. The minimum absolute atomic E-state index is 0.119. The van der Waals surface area contributed by atoms with Crippen LogP contribution in [0.1, 0.15) is 30.9 Å². The monoisotopic (exact) mass is 249 g/mol. The molecule has 1 rings (SSSR count). The van der Waals surface area contributed by atoms with Crippen molar-refractivity contribution < 1.29 is 5.11 Å². The van der Waals surface area contributed by atoms with Crippen molar-refractivity contribution in [2.45, 2.75) is 32.2 Å². The molecule has 0 amide bonds. The third-order valence-corrected chi connectivity index (χ3v) is 2.78. The molecule has 2 N–H and O–H groups in total. The zero-order valence-corrected chi connectivity index (χ0v) is 11.0. The van der Waals surface area contributed by atoms with E-state index in [0.717, 1.165) is 24.8 Å². The first kappa shape index (κ1) is 13.7. The molecule has 0 spiro atoms. The van der Waals surface area contributed by atoms with E-state index in [1.807, 2.05) is 18.2 Å². The number of thiocarbonyl (C=S) groups is 1. The Bertz CT molecular complexity index is 372. The number of aliphatic hydroxyl groups excluding tert-OH is 1. The van der Waals surface area contributed by atoms with Gasteiger partial charge in [0.15, 0.2) is 0 Å². The molecule has 0 aromatic heterocycles. The third-order valence-electron chi connectivity index (χ3n) is 2.66. The number of hydrogen-bond acceptors (Lipinski definition) is 1. The summed E-state index contributed by atoms with van der Waals surface area (Å²) in [7, 11) is 0. The number of benzene rings is 1. The molecule has 2 nitrogen and oxygen atoms in total. The van der Waals surface area contributed by atoms with Gasteiger partial charge in [-0.3, -0.25) is 0 Å². The van der Waals surface area contributed by atoms with Gasteiger partial charge in [-0.2, -0.15) is 0 Å². The Morgan fingerprint density at radius 3 is 2.59 bits per heavy atom. The van der Waals surface area contributed by atoms with E-state index in [0.29, 0.717) is 0 Å². The highest BCUT2D eigenvalue weighted by molar-refractivity contribution is 7.79. The summed E-state index contributed by atoms with van der Waals surface area (Å²) < 4.78 is 0. The fourth-order valence-corrected chi connectivity index (χ4v) is 1.99. The van der Waals surface area contributed by atoms with E-state index < -0.39 is 0 Å². The molecular weight excluding hydrogens is 230 g/mol. The summed E-state index contributed by atoms with van der Waals surface area (Å²) in [5.41, 5.74) is 2.35. The van der Waals surface area contributed by atoms with Gasteiger partial charge in [0.2, 0.25) is 0 Å². The van der Waals surface area contributed by atoms with Crippen LogP contribution >= 0.6 is 12.2 Å². The molecule has 0 saturated heterocycles. The predicted octanol–water partition coefficient (Wildman–Crippen LogP) is 3.47. The number of rotatable bonds is 6. The number of aliphatic hydroxyl groups is 1. The molecule has 0 bridgehead atoms. The zero-order valence-electron chi connectivity index (χ0n) is 10.1. The van der Waals surface area contributed by atoms with Crippen LogP contribution in [0.2, 0.25) is 0 Å². The summed E-state index contributed by atoms with van der Waals surface area (Å²) in [6, 6.07) is 8.46. The Morgan fingerprint density at radius 2 is 2.12 bits per heavy atom. The first-order valence-corrected chi connectivity index (χ1v) is 6.27. The van der Waals surface area contributed by atoms with Gasteiger partial charge in [-0.05, 0) is 36.2 Å². The van der Waals surface area contributed by atoms with Crippen molar-refractivity contribution in [1.82, 2.24) is 5.32 Å². The molecule has 0 saturated carbocycles. The van der Waals surface area contributed by atoms with Crippen LogP contribution in [0, 0.1) is 0 Å². The van der Waals surface area contributed by atoms with Crippen LogP contribution in [0.25, 0.3) is 6.08 Å². The molecule has 1 unspecified atom stereocenters. The quantitative estimate of drug-likeness (QED) is 0.757. The second-order valence-electron chi connectivity index (χ2n) is 4.08. The van der Waals surface area contributed by atoms with Gasteiger partial charge in [0, 0.05) is 6.04 Å². The van der Waals surface area contributed by atoms with Gasteiger partial charge in [0.05, 0.1) is 0 Å². The molecule has 0 aliphatic carbocycles. The smallest absolute Gasteiger partial charge is 0.254 e. The van der Waals surface area contributed by atoms with Gasteiger partial charge in [-0.1, -0.05) is 50.3 Å². The standard InChI is InChI=1S/C14H19NOS/c1-3-5-13(15-14(16)17)10-12-8-6-11(4-2)7-9-12/h4,6-9,13H,2-3,5,10H2,1H3,(H2,15,16,17). The van der Waals surface area contributed by atoms with Crippen LogP contribution in [0.5, 0.6) is 0 Å². The minimum Gasteiger partial charge on any atom is -0.487 e. The molecule has 17 heavy (non-hydrogen) atoms. The van der Waals surface area contributed by atoms with Crippen molar-refractivity contribution in [2.75, 3.05) is 0 Å². The lowest BCUT2D eigenvalue weighted by Gasteiger charge is -2.17. The first-order valence-electron chi connectivity index (χ1n) is 5.86. The first-order chi connectivity index (χ1) is 8.15. The Kier molecular flexibility index (Phi) is 5.70. The Hall–Kier alpha value is -1.35. The third kappa shape index (κ3) is 5.00. The summed E-state index contributed by atoms with van der Waals surface area (Å²) in [6.45, 7) is 5.85. The van der Waals surface area contributed by atoms with Crippen LogP contribution in [-0.4, -0.2) is 16.3 Å². The molecule has 0 aliphatic rings. The summed E-state index contributed by atoms with van der Waals surface area (Å²) in [5.74, 6) is 0. The molecule has 0 aliphatic heterocycles. The fraction of sp³-hybridized carbons (Fsp3) is 0.357. The van der Waals surface area contributed by atoms with Crippen LogP contribution in [-0.2, 0) is 6.42 Å². The molecule has 3 heteroatoms. The van der Waals surface area contributed by atoms with Gasteiger partial charge < -0.3 is 10.4 Å². The summed E-state index contributed by atoms with van der Waals surface area (Å²) in [5, 5.41) is 11.9. The number of hydrogen-bond donors (Lipinski definition) is 2. The van der Waals surface area contributed by atoms with Crippen molar-refractivity contribution in [2.24, 2.45) is 0 Å². The van der Waals surface area contributed by atoms with Gasteiger partial charge in [0.1, 0.15) is 0 Å². The van der Waals surface area contributed by atoms with Gasteiger partial charge in [0.25, 0.3) is 5.17 Å². The fourth-order valence-electron chi connectivity index (χ4n) is 1.82. The van der Waals surface area contributed by atoms with E-state index in [1.54, 1.807) is 0 Å². The maximum absolute atomic E-state index is 9.12. The Balaban J connectivity index is 2.64. The number of nitrogens with one attached hydrogen (secondary N) is 1. The SMILES string of the molecule is C=Cc1ccc(CC(CCC)NC(O)=S)cc1. The summed E-state index contributed by atoms with van der Waals surface area (Å²) >= 11 is 4.67. The van der Waals surface area contributed by atoms with Gasteiger partial charge in [-0.15, -0.1) is 0 Å². The highest BCUT2D eigenvalue weighted by atomic mass is 32.1. The van der Waals surface area contributed by atoms with Crippen molar-refractivity contribution in [3.63, 3.8) is 0 Å². The van der Waals surface area contributed by atoms with Gasteiger partial charge in [-0.25, -0.2) is 0 Å². The maximum atomic E-state index is 9.12. The van der Waals surface area contributed by atoms with Crippen LogP contribution in [0.15, 0.2) is 30.8 Å². The Labute approximate surface area is 108 Å². The lowest BCUT2D eigenvalue weighted by Crippen LogP contribution is -2.35. The molecule has 1 aromatic rings. The van der Waals surface area contributed by atoms with Crippen molar-refractivity contribution in [3.8, 4) is 0 Å². The summed E-state index contributed by atoms with van der Waals surface area (Å²) in [4.78, 5) is 0. The zero-order chi connectivity index (χ0) is 12.7.